The highest BCUT2D eigenvalue weighted by atomic mass is 19.4. The minimum atomic E-state index is -4.40. The van der Waals surface area contributed by atoms with Crippen LogP contribution in [0.15, 0.2) is 59.7 Å². The maximum atomic E-state index is 12.6. The molecule has 0 atom stereocenters. The highest BCUT2D eigenvalue weighted by Gasteiger charge is 2.32. The number of rotatable bonds is 4. The summed E-state index contributed by atoms with van der Waals surface area (Å²) in [5, 5.41) is 5.36. The fourth-order valence-corrected chi connectivity index (χ4v) is 3.11. The molecule has 0 aliphatic rings. The first-order chi connectivity index (χ1) is 14.2. The Balaban J connectivity index is 1.52. The van der Waals surface area contributed by atoms with Gasteiger partial charge in [0.05, 0.1) is 5.52 Å². The van der Waals surface area contributed by atoms with Crippen molar-refractivity contribution in [2.75, 3.05) is 0 Å². The monoisotopic (exact) mass is 415 g/mol. The summed E-state index contributed by atoms with van der Waals surface area (Å²) in [5.74, 6) is 0.322. The molecule has 3 heterocycles. The van der Waals surface area contributed by atoms with Crippen LogP contribution >= 0.6 is 0 Å². The third kappa shape index (κ3) is 3.78. The van der Waals surface area contributed by atoms with Crippen LogP contribution in [0.5, 0.6) is 5.75 Å². The van der Waals surface area contributed by atoms with Crippen molar-refractivity contribution in [1.82, 2.24) is 14.3 Å². The molecule has 0 unspecified atom stereocenters. The van der Waals surface area contributed by atoms with Crippen LogP contribution in [0, 0.1) is 6.92 Å². The average Bonchev–Trinajstić information content (AvgIpc) is 2.99. The third-order valence-electron chi connectivity index (χ3n) is 4.88. The van der Waals surface area contributed by atoms with E-state index in [1.165, 1.54) is 16.7 Å². The predicted octanol–water partition coefficient (Wildman–Crippen LogP) is 3.44. The fraction of sp³-hybridized carbons (Fsp3) is 0.190. The van der Waals surface area contributed by atoms with Crippen LogP contribution in [-0.4, -0.2) is 14.3 Å². The van der Waals surface area contributed by atoms with Gasteiger partial charge in [-0.15, -0.1) is 0 Å². The Hall–Kier alpha value is -3.62. The highest BCUT2D eigenvalue weighted by Crippen LogP contribution is 2.27. The third-order valence-corrected chi connectivity index (χ3v) is 4.88. The number of benzene rings is 1. The zero-order valence-electron chi connectivity index (χ0n) is 16.2. The lowest BCUT2D eigenvalue weighted by Gasteiger charge is -2.08. The van der Waals surface area contributed by atoms with Crippen LogP contribution in [0.3, 0.4) is 0 Å². The number of nitrogens with one attached hydrogen (secondary N) is 1. The van der Waals surface area contributed by atoms with Gasteiger partial charge in [-0.25, -0.2) is 4.98 Å². The van der Waals surface area contributed by atoms with Crippen LogP contribution in [0.4, 0.5) is 13.2 Å². The maximum Gasteiger partial charge on any atom is 0.422 e. The van der Waals surface area contributed by atoms with Gasteiger partial charge in [0.25, 0.3) is 5.56 Å². The van der Waals surface area contributed by atoms with Crippen molar-refractivity contribution in [2.24, 2.45) is 7.05 Å². The zero-order chi connectivity index (χ0) is 21.5. The number of alkyl halides is 3. The lowest BCUT2D eigenvalue weighted by molar-refractivity contribution is -0.397. The number of hydrogen-bond donors (Lipinski definition) is 0. The molecule has 0 saturated carbocycles. The molecule has 0 fully saturated rings. The largest absolute Gasteiger partial charge is 0.482 e. The van der Waals surface area contributed by atoms with E-state index in [1.54, 1.807) is 16.9 Å². The van der Waals surface area contributed by atoms with Crippen LogP contribution in [0.2, 0.25) is 0 Å². The summed E-state index contributed by atoms with van der Waals surface area (Å²) >= 11 is 0. The first kappa shape index (κ1) is 19.7. The molecule has 0 radical (unpaired) electrons. The Kier molecular flexibility index (Phi) is 4.81. The van der Waals surface area contributed by atoms with Crippen LogP contribution < -0.4 is 15.3 Å². The van der Waals surface area contributed by atoms with Crippen LogP contribution in [0.1, 0.15) is 17.0 Å². The number of nitrogens with zero attached hydrogens (tertiary/aromatic N) is 3. The maximum absolute atomic E-state index is 12.6. The molecule has 0 spiro atoms. The topological polar surface area (TPSA) is 63.2 Å². The van der Waals surface area contributed by atoms with Gasteiger partial charge in [-0.2, -0.15) is 18.3 Å². The number of aromatic nitrogens is 4. The van der Waals surface area contributed by atoms with E-state index in [0.29, 0.717) is 17.1 Å². The summed E-state index contributed by atoms with van der Waals surface area (Å²) in [6, 6.07) is 10.8. The van der Waals surface area contributed by atoms with Crippen molar-refractivity contribution in [3.63, 3.8) is 0 Å². The molecule has 1 N–H and O–H groups in total. The Bertz CT molecular complexity index is 1270. The van der Waals surface area contributed by atoms with Gasteiger partial charge in [0.15, 0.2) is 12.8 Å². The van der Waals surface area contributed by atoms with Crippen molar-refractivity contribution in [3.05, 3.63) is 82.2 Å². The van der Waals surface area contributed by atoms with E-state index < -0.39 is 11.7 Å². The van der Waals surface area contributed by atoms with Gasteiger partial charge >= 0.3 is 6.18 Å². The average molecular weight is 415 g/mol. The van der Waals surface area contributed by atoms with Gasteiger partial charge in [0, 0.05) is 42.1 Å². The highest BCUT2D eigenvalue weighted by molar-refractivity contribution is 5.83. The number of aromatic amines is 1. The van der Waals surface area contributed by atoms with Crippen LogP contribution in [-0.2, 0) is 19.8 Å². The van der Waals surface area contributed by atoms with Crippen molar-refractivity contribution in [1.29, 1.82) is 0 Å². The number of H-pyrrole nitrogens is 1. The molecule has 0 aliphatic heterocycles. The predicted molar refractivity (Wildman–Crippen MR) is 103 cm³/mol. The van der Waals surface area contributed by atoms with Crippen molar-refractivity contribution < 1.29 is 22.9 Å². The second-order valence-electron chi connectivity index (χ2n) is 6.87. The molecule has 30 heavy (non-hydrogen) atoms. The van der Waals surface area contributed by atoms with Crippen LogP contribution in [0.25, 0.3) is 16.6 Å². The van der Waals surface area contributed by atoms with Gasteiger partial charge in [0.1, 0.15) is 11.3 Å². The molecular formula is C21H18F3N4O2+. The standard InChI is InChI=1S/C21H17F3N4O2/c1-13-18-9-16(5-6-19(18)26-27(13)2)28-8-7-17(10-20(28)29)30-12-15-4-3-14(11-25-15)21(22,23)24/h3-11H,12H2,1-2H3/p+1. The number of hydrogen-bond acceptors (Lipinski definition) is 3. The zero-order valence-corrected chi connectivity index (χ0v) is 16.2. The number of fused-ring (bicyclic) bond motifs is 1. The molecule has 154 valence electrons. The van der Waals surface area contributed by atoms with Crippen molar-refractivity contribution in [2.45, 2.75) is 19.7 Å². The van der Waals surface area contributed by atoms with Gasteiger partial charge in [-0.3, -0.25) is 14.0 Å². The molecule has 0 amide bonds. The summed E-state index contributed by atoms with van der Waals surface area (Å²) in [6.07, 6.45) is -1.92. The van der Waals surface area contributed by atoms with E-state index in [-0.39, 0.29) is 12.2 Å². The van der Waals surface area contributed by atoms with Crippen molar-refractivity contribution in [3.8, 4) is 11.4 Å². The smallest absolute Gasteiger partial charge is 0.422 e. The molecule has 4 aromatic rings. The molecule has 0 bridgehead atoms. The van der Waals surface area contributed by atoms with E-state index in [9.17, 15) is 18.0 Å². The summed E-state index contributed by atoms with van der Waals surface area (Å²) < 4.78 is 46.6. The first-order valence-corrected chi connectivity index (χ1v) is 9.09. The number of aryl methyl sites for hydroxylation is 2. The quantitative estimate of drug-likeness (QED) is 0.513. The van der Waals surface area contributed by atoms with E-state index in [0.717, 1.165) is 28.9 Å². The SMILES string of the molecule is Cc1c2cc(-n3ccc(OCc4ccc(C(F)(F)F)c[nH+]4)cc3=O)ccc2nn1C. The molecule has 3 aromatic heterocycles. The van der Waals surface area contributed by atoms with E-state index in [2.05, 4.69) is 10.1 Å². The Morgan fingerprint density at radius 3 is 2.60 bits per heavy atom. The summed E-state index contributed by atoms with van der Waals surface area (Å²) in [4.78, 5) is 15.1. The van der Waals surface area contributed by atoms with Gasteiger partial charge < -0.3 is 4.74 Å². The fourth-order valence-electron chi connectivity index (χ4n) is 3.11. The number of halogens is 3. The molecule has 4 rings (SSSR count). The Morgan fingerprint density at radius 2 is 1.93 bits per heavy atom. The minimum Gasteiger partial charge on any atom is -0.482 e. The molecule has 0 aliphatic carbocycles. The van der Waals surface area contributed by atoms with E-state index in [1.807, 2.05) is 32.2 Å². The Labute approximate surface area is 169 Å². The molecule has 9 heteroatoms. The van der Waals surface area contributed by atoms with E-state index >= 15 is 0 Å². The molecule has 6 nitrogen and oxygen atoms in total. The normalized spacial score (nSPS) is 11.8. The van der Waals surface area contributed by atoms with Gasteiger partial charge in [-0.1, -0.05) is 0 Å². The van der Waals surface area contributed by atoms with Crippen molar-refractivity contribution >= 4 is 10.9 Å². The number of ether oxygens (including phenoxy) is 1. The van der Waals surface area contributed by atoms with E-state index in [4.69, 9.17) is 4.74 Å². The second-order valence-corrected chi connectivity index (χ2v) is 6.87. The lowest BCUT2D eigenvalue weighted by atomic mass is 10.2. The summed E-state index contributed by atoms with van der Waals surface area (Å²) in [7, 11) is 1.86. The van der Waals surface area contributed by atoms with Gasteiger partial charge in [-0.05, 0) is 37.3 Å². The van der Waals surface area contributed by atoms with Gasteiger partial charge in [0.2, 0.25) is 5.69 Å². The number of pyridine rings is 2. The Morgan fingerprint density at radius 1 is 1.13 bits per heavy atom. The molecule has 0 saturated heterocycles. The minimum absolute atomic E-state index is 0.00241. The molecule has 1 aromatic carbocycles. The first-order valence-electron chi connectivity index (χ1n) is 9.09. The molecular weight excluding hydrogens is 397 g/mol. The summed E-state index contributed by atoms with van der Waals surface area (Å²) in [5.41, 5.74) is 1.93. The lowest BCUT2D eigenvalue weighted by Crippen LogP contribution is -2.19. The second kappa shape index (κ2) is 7.33. The summed E-state index contributed by atoms with van der Waals surface area (Å²) in [6.45, 7) is 1.96.